The van der Waals surface area contributed by atoms with Crippen molar-refractivity contribution in [2.24, 2.45) is 0 Å². The average molecular weight is 451 g/mol. The van der Waals surface area contributed by atoms with Crippen LogP contribution in [0.3, 0.4) is 0 Å². The first kappa shape index (κ1) is 20.9. The van der Waals surface area contributed by atoms with E-state index >= 15 is 0 Å². The van der Waals surface area contributed by atoms with Crippen molar-refractivity contribution in [3.63, 3.8) is 0 Å². The summed E-state index contributed by atoms with van der Waals surface area (Å²) in [5.74, 6) is 1.71. The molecular weight excluding hydrogens is 424 g/mol. The molecule has 2 aliphatic rings. The SMILES string of the molecule is CC1(C)Cc2cccc(OCC(=O)N(Cc3ncccn3)c3nc4c(s3)CCCC4)c2O1. The molecule has 8 heteroatoms. The minimum absolute atomic E-state index is 0.114. The summed E-state index contributed by atoms with van der Waals surface area (Å²) in [6.07, 6.45) is 8.48. The molecule has 0 N–H and O–H groups in total. The molecule has 0 atom stereocenters. The number of aryl methyl sites for hydroxylation is 2. The van der Waals surface area contributed by atoms with Gasteiger partial charge >= 0.3 is 0 Å². The van der Waals surface area contributed by atoms with Crippen molar-refractivity contribution < 1.29 is 14.3 Å². The van der Waals surface area contributed by atoms with Crippen molar-refractivity contribution >= 4 is 22.4 Å². The van der Waals surface area contributed by atoms with Crippen molar-refractivity contribution in [3.05, 3.63) is 58.6 Å². The van der Waals surface area contributed by atoms with E-state index in [0.717, 1.165) is 42.7 Å². The molecule has 0 unspecified atom stereocenters. The fourth-order valence-corrected chi connectivity index (χ4v) is 5.35. The van der Waals surface area contributed by atoms with Crippen LogP contribution in [0, 0.1) is 0 Å². The number of nitrogens with zero attached hydrogens (tertiary/aromatic N) is 4. The van der Waals surface area contributed by atoms with Gasteiger partial charge in [-0.1, -0.05) is 12.1 Å². The molecule has 0 fully saturated rings. The standard InChI is InChI=1S/C24H26N4O3S/c1-24(2)13-16-7-5-9-18(22(16)31-24)30-15-21(29)28(14-20-25-11-6-12-26-20)23-27-17-8-3-4-10-19(17)32-23/h5-7,9,11-12H,3-4,8,10,13-15H2,1-2H3. The first-order valence-corrected chi connectivity index (χ1v) is 11.8. The number of anilines is 1. The topological polar surface area (TPSA) is 77.4 Å². The monoisotopic (exact) mass is 450 g/mol. The summed E-state index contributed by atoms with van der Waals surface area (Å²) in [4.78, 5) is 29.6. The molecule has 5 rings (SSSR count). The highest BCUT2D eigenvalue weighted by Crippen LogP contribution is 2.41. The van der Waals surface area contributed by atoms with Gasteiger partial charge < -0.3 is 9.47 Å². The van der Waals surface area contributed by atoms with Crippen molar-refractivity contribution in [1.82, 2.24) is 15.0 Å². The maximum absolute atomic E-state index is 13.3. The third kappa shape index (κ3) is 4.32. The molecule has 0 spiro atoms. The Morgan fingerprint density at radius 1 is 1.19 bits per heavy atom. The number of para-hydroxylation sites is 1. The summed E-state index contributed by atoms with van der Waals surface area (Å²) >= 11 is 1.59. The fourth-order valence-electron chi connectivity index (χ4n) is 4.19. The highest BCUT2D eigenvalue weighted by atomic mass is 32.1. The first-order chi connectivity index (χ1) is 15.5. The molecule has 1 aromatic carbocycles. The quantitative estimate of drug-likeness (QED) is 0.562. The molecule has 0 bridgehead atoms. The lowest BCUT2D eigenvalue weighted by atomic mass is 10.0. The van der Waals surface area contributed by atoms with Crippen LogP contribution in [-0.4, -0.2) is 33.1 Å². The van der Waals surface area contributed by atoms with E-state index in [4.69, 9.17) is 14.5 Å². The van der Waals surface area contributed by atoms with Gasteiger partial charge in [-0.2, -0.15) is 0 Å². The van der Waals surface area contributed by atoms with E-state index in [2.05, 4.69) is 9.97 Å². The van der Waals surface area contributed by atoms with E-state index in [-0.39, 0.29) is 24.7 Å². The largest absolute Gasteiger partial charge is 0.483 e. The second-order valence-electron chi connectivity index (χ2n) is 8.79. The Morgan fingerprint density at radius 2 is 2.00 bits per heavy atom. The lowest BCUT2D eigenvalue weighted by Gasteiger charge is -2.20. The maximum atomic E-state index is 13.3. The van der Waals surface area contributed by atoms with Gasteiger partial charge in [-0.25, -0.2) is 15.0 Å². The molecule has 166 valence electrons. The number of carbonyl (C=O) groups excluding carboxylic acids is 1. The van der Waals surface area contributed by atoms with Crippen LogP contribution in [0.5, 0.6) is 11.5 Å². The number of thiazole rings is 1. The van der Waals surface area contributed by atoms with Crippen molar-refractivity contribution in [1.29, 1.82) is 0 Å². The second kappa shape index (κ2) is 8.50. The van der Waals surface area contributed by atoms with Crippen LogP contribution >= 0.6 is 11.3 Å². The van der Waals surface area contributed by atoms with Gasteiger partial charge in [0, 0.05) is 29.3 Å². The highest BCUT2D eigenvalue weighted by Gasteiger charge is 2.33. The number of fused-ring (bicyclic) bond motifs is 2. The molecule has 7 nitrogen and oxygen atoms in total. The van der Waals surface area contributed by atoms with Gasteiger partial charge in [0.05, 0.1) is 12.2 Å². The summed E-state index contributed by atoms with van der Waals surface area (Å²) < 4.78 is 12.0. The van der Waals surface area contributed by atoms with E-state index in [1.165, 1.54) is 11.3 Å². The number of benzene rings is 1. The maximum Gasteiger partial charge on any atom is 0.267 e. The van der Waals surface area contributed by atoms with E-state index in [1.54, 1.807) is 34.7 Å². The second-order valence-corrected chi connectivity index (χ2v) is 9.85. The van der Waals surface area contributed by atoms with E-state index in [1.807, 2.05) is 32.0 Å². The first-order valence-electron chi connectivity index (χ1n) is 11.0. The van der Waals surface area contributed by atoms with Crippen LogP contribution in [0.15, 0.2) is 36.7 Å². The number of hydrogen-bond acceptors (Lipinski definition) is 7. The van der Waals surface area contributed by atoms with Gasteiger partial charge in [-0.3, -0.25) is 9.69 Å². The van der Waals surface area contributed by atoms with Crippen molar-refractivity contribution in [2.75, 3.05) is 11.5 Å². The van der Waals surface area contributed by atoms with E-state index in [9.17, 15) is 4.79 Å². The van der Waals surface area contributed by atoms with Crippen molar-refractivity contribution in [3.8, 4) is 11.5 Å². The molecule has 0 saturated carbocycles. The molecule has 3 aromatic rings. The number of amides is 1. The third-order valence-corrected chi connectivity index (χ3v) is 6.87. The summed E-state index contributed by atoms with van der Waals surface area (Å²) in [7, 11) is 0. The van der Waals surface area contributed by atoms with Crippen LogP contribution in [0.25, 0.3) is 0 Å². The van der Waals surface area contributed by atoms with E-state index in [0.29, 0.717) is 16.7 Å². The Kier molecular flexibility index (Phi) is 5.55. The van der Waals surface area contributed by atoms with E-state index < -0.39 is 0 Å². The van der Waals surface area contributed by atoms with Gasteiger partial charge in [0.1, 0.15) is 11.4 Å². The van der Waals surface area contributed by atoms with Crippen LogP contribution in [0.4, 0.5) is 5.13 Å². The minimum atomic E-state index is -0.275. The zero-order valence-electron chi connectivity index (χ0n) is 18.3. The van der Waals surface area contributed by atoms with Crippen LogP contribution in [-0.2, 0) is 30.6 Å². The zero-order chi connectivity index (χ0) is 22.1. The molecule has 0 radical (unpaired) electrons. The van der Waals surface area contributed by atoms with Gasteiger partial charge in [0.25, 0.3) is 5.91 Å². The zero-order valence-corrected chi connectivity index (χ0v) is 19.2. The lowest BCUT2D eigenvalue weighted by Crippen LogP contribution is -2.35. The Labute approximate surface area is 191 Å². The Morgan fingerprint density at radius 3 is 2.81 bits per heavy atom. The molecule has 2 aromatic heterocycles. The third-order valence-electron chi connectivity index (χ3n) is 5.69. The Hall–Kier alpha value is -3.00. The Balaban J connectivity index is 1.37. The van der Waals surface area contributed by atoms with Gasteiger partial charge in [-0.15, -0.1) is 11.3 Å². The lowest BCUT2D eigenvalue weighted by molar-refractivity contribution is -0.120. The minimum Gasteiger partial charge on any atom is -0.483 e. The number of carbonyl (C=O) groups is 1. The fraction of sp³-hybridized carbons (Fsp3) is 0.417. The number of aromatic nitrogens is 3. The Bertz CT molecular complexity index is 1110. The van der Waals surface area contributed by atoms with Gasteiger partial charge in [-0.05, 0) is 51.7 Å². The highest BCUT2D eigenvalue weighted by molar-refractivity contribution is 7.15. The summed E-state index contributed by atoms with van der Waals surface area (Å²) in [5, 5.41) is 0.689. The normalized spacial score (nSPS) is 16.1. The molecule has 1 amide bonds. The molecule has 3 heterocycles. The summed E-state index contributed by atoms with van der Waals surface area (Å²) in [5.41, 5.74) is 1.94. The molecule has 1 aliphatic heterocycles. The van der Waals surface area contributed by atoms with Gasteiger partial charge in [0.15, 0.2) is 23.2 Å². The summed E-state index contributed by atoms with van der Waals surface area (Å²) in [6, 6.07) is 7.59. The molecular formula is C24H26N4O3S. The molecule has 0 saturated heterocycles. The number of hydrogen-bond donors (Lipinski definition) is 0. The van der Waals surface area contributed by atoms with Gasteiger partial charge in [0.2, 0.25) is 0 Å². The number of rotatable bonds is 6. The van der Waals surface area contributed by atoms with Crippen LogP contribution in [0.1, 0.15) is 48.6 Å². The molecule has 32 heavy (non-hydrogen) atoms. The average Bonchev–Trinajstić information content (AvgIpc) is 3.35. The predicted molar refractivity (Wildman–Crippen MR) is 122 cm³/mol. The smallest absolute Gasteiger partial charge is 0.267 e. The predicted octanol–water partition coefficient (Wildman–Crippen LogP) is 4.14. The van der Waals surface area contributed by atoms with Crippen LogP contribution < -0.4 is 14.4 Å². The van der Waals surface area contributed by atoms with Crippen molar-refractivity contribution in [2.45, 2.75) is 58.1 Å². The number of ether oxygens (including phenoxy) is 2. The summed E-state index contributed by atoms with van der Waals surface area (Å²) in [6.45, 7) is 4.24. The van der Waals surface area contributed by atoms with Crippen LogP contribution in [0.2, 0.25) is 0 Å². The molecule has 1 aliphatic carbocycles.